The summed E-state index contributed by atoms with van der Waals surface area (Å²) in [4.78, 5) is 0. The van der Waals surface area contributed by atoms with Crippen molar-refractivity contribution in [3.8, 4) is 5.75 Å². The van der Waals surface area contributed by atoms with Gasteiger partial charge in [-0.15, -0.1) is 0 Å². The summed E-state index contributed by atoms with van der Waals surface area (Å²) in [6.07, 6.45) is 0. The zero-order valence-corrected chi connectivity index (χ0v) is 12.4. The normalized spacial score (nSPS) is 12.2. The van der Waals surface area contributed by atoms with E-state index in [0.29, 0.717) is 28.0 Å². The van der Waals surface area contributed by atoms with Crippen LogP contribution in [0.4, 0.5) is 0 Å². The fraction of sp³-hybridized carbons (Fsp3) is 0.200. The highest BCUT2D eigenvalue weighted by molar-refractivity contribution is 6.35. The van der Waals surface area contributed by atoms with E-state index >= 15 is 0 Å². The van der Waals surface area contributed by atoms with Crippen molar-refractivity contribution in [2.45, 2.75) is 12.6 Å². The van der Waals surface area contributed by atoms with Crippen LogP contribution in [0.2, 0.25) is 10.0 Å². The van der Waals surface area contributed by atoms with Crippen LogP contribution >= 0.6 is 23.2 Å². The van der Waals surface area contributed by atoms with Gasteiger partial charge in [0, 0.05) is 23.2 Å². The summed E-state index contributed by atoms with van der Waals surface area (Å²) in [5.41, 5.74) is 13.3. The lowest BCUT2D eigenvalue weighted by molar-refractivity contribution is 0.301. The van der Waals surface area contributed by atoms with E-state index in [2.05, 4.69) is 0 Å². The van der Waals surface area contributed by atoms with Crippen LogP contribution in [-0.2, 0) is 6.61 Å². The lowest BCUT2D eigenvalue weighted by Gasteiger charge is -2.18. The topological polar surface area (TPSA) is 61.3 Å². The number of rotatable bonds is 5. The fourth-order valence-corrected chi connectivity index (χ4v) is 2.51. The van der Waals surface area contributed by atoms with Crippen molar-refractivity contribution in [2.75, 3.05) is 6.54 Å². The Kier molecular flexibility index (Phi) is 5.26. The summed E-state index contributed by atoms with van der Waals surface area (Å²) in [5.74, 6) is 0.573. The number of halogens is 2. The first kappa shape index (κ1) is 15.1. The SMILES string of the molecule is NCC(N)c1c(Cl)cc(Cl)cc1OCc1ccccc1. The van der Waals surface area contributed by atoms with Gasteiger partial charge in [-0.1, -0.05) is 53.5 Å². The van der Waals surface area contributed by atoms with Gasteiger partial charge in [-0.05, 0) is 17.7 Å². The van der Waals surface area contributed by atoms with Crippen molar-refractivity contribution >= 4 is 23.2 Å². The summed E-state index contributed by atoms with van der Waals surface area (Å²) in [6.45, 7) is 0.699. The molecule has 106 valence electrons. The zero-order chi connectivity index (χ0) is 14.5. The molecule has 0 aliphatic carbocycles. The molecule has 4 N–H and O–H groups in total. The van der Waals surface area contributed by atoms with Crippen molar-refractivity contribution in [1.29, 1.82) is 0 Å². The van der Waals surface area contributed by atoms with Gasteiger partial charge in [0.1, 0.15) is 12.4 Å². The van der Waals surface area contributed by atoms with E-state index in [1.54, 1.807) is 12.1 Å². The van der Waals surface area contributed by atoms with Gasteiger partial charge in [0.05, 0.1) is 5.02 Å². The Morgan fingerprint density at radius 3 is 2.45 bits per heavy atom. The standard InChI is InChI=1S/C15H16Cl2N2O/c16-11-6-12(17)15(13(19)8-18)14(7-11)20-9-10-4-2-1-3-5-10/h1-7,13H,8-9,18-19H2. The van der Waals surface area contributed by atoms with Crippen molar-refractivity contribution in [1.82, 2.24) is 0 Å². The predicted octanol–water partition coefficient (Wildman–Crippen LogP) is 3.53. The highest BCUT2D eigenvalue weighted by Crippen LogP contribution is 2.34. The van der Waals surface area contributed by atoms with Gasteiger partial charge < -0.3 is 16.2 Å². The molecule has 0 amide bonds. The quantitative estimate of drug-likeness (QED) is 0.888. The number of hydrogen-bond acceptors (Lipinski definition) is 3. The summed E-state index contributed by atoms with van der Waals surface area (Å²) in [7, 11) is 0. The van der Waals surface area contributed by atoms with E-state index in [0.717, 1.165) is 5.56 Å². The summed E-state index contributed by atoms with van der Waals surface area (Å²) < 4.78 is 5.80. The molecule has 20 heavy (non-hydrogen) atoms. The summed E-state index contributed by atoms with van der Waals surface area (Å²) >= 11 is 12.2. The molecule has 1 unspecified atom stereocenters. The second-order valence-corrected chi connectivity index (χ2v) is 5.26. The molecule has 2 rings (SSSR count). The van der Waals surface area contributed by atoms with E-state index in [1.165, 1.54) is 0 Å². The molecule has 2 aromatic rings. The number of hydrogen-bond donors (Lipinski definition) is 2. The number of benzene rings is 2. The van der Waals surface area contributed by atoms with Crippen molar-refractivity contribution in [3.63, 3.8) is 0 Å². The molecule has 0 saturated carbocycles. The van der Waals surface area contributed by atoms with Crippen molar-refractivity contribution in [3.05, 3.63) is 63.6 Å². The van der Waals surface area contributed by atoms with Gasteiger partial charge in [-0.2, -0.15) is 0 Å². The third kappa shape index (κ3) is 3.64. The largest absolute Gasteiger partial charge is 0.488 e. The molecule has 0 saturated heterocycles. The third-order valence-corrected chi connectivity index (χ3v) is 3.45. The van der Waals surface area contributed by atoms with Gasteiger partial charge in [-0.3, -0.25) is 0 Å². The van der Waals surface area contributed by atoms with Crippen LogP contribution in [0.1, 0.15) is 17.2 Å². The lowest BCUT2D eigenvalue weighted by atomic mass is 10.1. The maximum absolute atomic E-state index is 6.19. The Labute approximate surface area is 128 Å². The minimum Gasteiger partial charge on any atom is -0.488 e. The maximum atomic E-state index is 6.19. The molecule has 2 aromatic carbocycles. The number of ether oxygens (including phenoxy) is 1. The van der Waals surface area contributed by atoms with Gasteiger partial charge in [0.25, 0.3) is 0 Å². The summed E-state index contributed by atoms with van der Waals surface area (Å²) in [5, 5.41) is 0.976. The Morgan fingerprint density at radius 1 is 1.10 bits per heavy atom. The number of nitrogens with two attached hydrogens (primary N) is 2. The van der Waals surface area contributed by atoms with E-state index in [4.69, 9.17) is 39.4 Å². The van der Waals surface area contributed by atoms with Crippen LogP contribution in [0.3, 0.4) is 0 Å². The zero-order valence-electron chi connectivity index (χ0n) is 10.9. The van der Waals surface area contributed by atoms with Crippen LogP contribution in [-0.4, -0.2) is 6.54 Å². The Hall–Kier alpha value is -1.26. The molecule has 0 heterocycles. The van der Waals surface area contributed by atoms with E-state index in [9.17, 15) is 0 Å². The summed E-state index contributed by atoms with van der Waals surface area (Å²) in [6, 6.07) is 12.8. The molecule has 5 heteroatoms. The highest BCUT2D eigenvalue weighted by atomic mass is 35.5. The molecule has 0 fully saturated rings. The minimum absolute atomic E-state index is 0.281. The first-order valence-electron chi connectivity index (χ1n) is 6.23. The van der Waals surface area contributed by atoms with Gasteiger partial charge in [0.15, 0.2) is 0 Å². The van der Waals surface area contributed by atoms with Crippen LogP contribution in [0.25, 0.3) is 0 Å². The molecule has 0 spiro atoms. The molecular weight excluding hydrogens is 295 g/mol. The Bertz CT molecular complexity index is 576. The van der Waals surface area contributed by atoms with Crippen LogP contribution < -0.4 is 16.2 Å². The fourth-order valence-electron chi connectivity index (χ4n) is 1.89. The third-order valence-electron chi connectivity index (χ3n) is 2.92. The molecule has 0 bridgehead atoms. The van der Waals surface area contributed by atoms with Gasteiger partial charge in [0.2, 0.25) is 0 Å². The predicted molar refractivity (Wildman–Crippen MR) is 83.2 cm³/mol. The van der Waals surface area contributed by atoms with Gasteiger partial charge in [-0.25, -0.2) is 0 Å². The molecule has 0 aromatic heterocycles. The monoisotopic (exact) mass is 310 g/mol. The van der Waals surface area contributed by atoms with Gasteiger partial charge >= 0.3 is 0 Å². The molecule has 0 aliphatic rings. The van der Waals surface area contributed by atoms with E-state index in [-0.39, 0.29) is 12.6 Å². The molecular formula is C15H16Cl2N2O. The van der Waals surface area contributed by atoms with E-state index < -0.39 is 0 Å². The first-order valence-corrected chi connectivity index (χ1v) is 6.98. The average molecular weight is 311 g/mol. The maximum Gasteiger partial charge on any atom is 0.127 e. The minimum atomic E-state index is -0.384. The van der Waals surface area contributed by atoms with Crippen LogP contribution in [0.15, 0.2) is 42.5 Å². The second-order valence-electron chi connectivity index (χ2n) is 4.42. The highest BCUT2D eigenvalue weighted by Gasteiger charge is 2.16. The average Bonchev–Trinajstić information content (AvgIpc) is 2.45. The van der Waals surface area contributed by atoms with Crippen LogP contribution in [0, 0.1) is 0 Å². The molecule has 0 aliphatic heterocycles. The second kappa shape index (κ2) is 6.95. The smallest absolute Gasteiger partial charge is 0.127 e. The Balaban J connectivity index is 2.26. The lowest BCUT2D eigenvalue weighted by Crippen LogP contribution is -2.22. The molecule has 0 radical (unpaired) electrons. The van der Waals surface area contributed by atoms with Crippen LogP contribution in [0.5, 0.6) is 5.75 Å². The van der Waals surface area contributed by atoms with Crippen molar-refractivity contribution < 1.29 is 4.74 Å². The Morgan fingerprint density at radius 2 is 1.80 bits per heavy atom. The first-order chi connectivity index (χ1) is 9.61. The molecule has 3 nitrogen and oxygen atoms in total. The van der Waals surface area contributed by atoms with E-state index in [1.807, 2.05) is 30.3 Å². The molecule has 1 atom stereocenters. The van der Waals surface area contributed by atoms with Crippen molar-refractivity contribution in [2.24, 2.45) is 11.5 Å².